The largest absolute Gasteiger partial charge is 0.227 e. The summed E-state index contributed by atoms with van der Waals surface area (Å²) >= 11 is 4.91. The van der Waals surface area contributed by atoms with Gasteiger partial charge in [0.1, 0.15) is 0 Å². The van der Waals surface area contributed by atoms with Gasteiger partial charge in [0.15, 0.2) is 0 Å². The molecular formula is C10H7BrN2S. The summed E-state index contributed by atoms with van der Waals surface area (Å²) in [5.74, 6) is 0. The molecule has 0 N–H and O–H groups in total. The summed E-state index contributed by atoms with van der Waals surface area (Å²) in [5.41, 5.74) is 1.07. The predicted molar refractivity (Wildman–Crippen MR) is 63.5 cm³/mol. The Bertz CT molecular complexity index is 420. The SMILES string of the molecule is Brc1ccc(/C=N/c2nccs2)cc1. The standard InChI is InChI=1S/C10H7BrN2S/c11-9-3-1-8(2-4-9)7-13-10-12-5-6-14-10/h1-7H/b13-7+. The fraction of sp³-hybridized carbons (Fsp3) is 0. The lowest BCUT2D eigenvalue weighted by Gasteiger charge is -1.91. The number of rotatable bonds is 2. The van der Waals surface area contributed by atoms with Gasteiger partial charge >= 0.3 is 0 Å². The van der Waals surface area contributed by atoms with Crippen LogP contribution in [0.25, 0.3) is 0 Å². The maximum absolute atomic E-state index is 4.23. The van der Waals surface area contributed by atoms with E-state index in [4.69, 9.17) is 0 Å². The molecule has 0 amide bonds. The maximum Gasteiger partial charge on any atom is 0.208 e. The second-order valence-electron chi connectivity index (χ2n) is 2.62. The molecule has 2 aromatic rings. The van der Waals surface area contributed by atoms with E-state index in [9.17, 15) is 0 Å². The van der Waals surface area contributed by atoms with Gasteiger partial charge in [0, 0.05) is 22.3 Å². The summed E-state index contributed by atoms with van der Waals surface area (Å²) in [4.78, 5) is 8.29. The number of benzene rings is 1. The first kappa shape index (κ1) is 9.55. The van der Waals surface area contributed by atoms with Gasteiger partial charge in [-0.2, -0.15) is 0 Å². The van der Waals surface area contributed by atoms with Crippen molar-refractivity contribution < 1.29 is 0 Å². The van der Waals surface area contributed by atoms with Gasteiger partial charge in [-0.05, 0) is 17.7 Å². The van der Waals surface area contributed by atoms with Crippen LogP contribution in [0.15, 0.2) is 45.3 Å². The lowest BCUT2D eigenvalue weighted by atomic mass is 10.2. The van der Waals surface area contributed by atoms with Crippen LogP contribution >= 0.6 is 27.3 Å². The van der Waals surface area contributed by atoms with Crippen LogP contribution in [-0.4, -0.2) is 11.2 Å². The van der Waals surface area contributed by atoms with E-state index in [1.807, 2.05) is 35.9 Å². The van der Waals surface area contributed by atoms with Crippen molar-refractivity contribution in [3.05, 3.63) is 45.9 Å². The van der Waals surface area contributed by atoms with E-state index in [1.54, 1.807) is 6.20 Å². The molecule has 1 aromatic carbocycles. The Morgan fingerprint density at radius 1 is 1.29 bits per heavy atom. The second-order valence-corrected chi connectivity index (χ2v) is 4.41. The summed E-state index contributed by atoms with van der Waals surface area (Å²) in [6.07, 6.45) is 3.56. The Morgan fingerprint density at radius 2 is 2.07 bits per heavy atom. The lowest BCUT2D eigenvalue weighted by Crippen LogP contribution is -1.78. The van der Waals surface area contributed by atoms with E-state index in [0.29, 0.717) is 0 Å². The fourth-order valence-corrected chi connectivity index (χ4v) is 1.70. The third-order valence-corrected chi connectivity index (χ3v) is 2.82. The van der Waals surface area contributed by atoms with Gasteiger partial charge in [-0.15, -0.1) is 11.3 Å². The van der Waals surface area contributed by atoms with Crippen LogP contribution in [0.4, 0.5) is 5.13 Å². The first-order valence-electron chi connectivity index (χ1n) is 4.04. The Balaban J connectivity index is 2.15. The number of aliphatic imine (C=N–C) groups is 1. The zero-order chi connectivity index (χ0) is 9.80. The highest BCUT2D eigenvalue weighted by atomic mass is 79.9. The molecule has 4 heteroatoms. The molecule has 70 valence electrons. The Labute approximate surface area is 94.5 Å². The number of aromatic nitrogens is 1. The molecule has 1 heterocycles. The predicted octanol–water partition coefficient (Wildman–Crippen LogP) is 3.66. The Hall–Kier alpha value is -1.00. The second kappa shape index (κ2) is 4.48. The number of hydrogen-bond donors (Lipinski definition) is 0. The molecule has 0 atom stereocenters. The monoisotopic (exact) mass is 266 g/mol. The quantitative estimate of drug-likeness (QED) is 0.762. The average Bonchev–Trinajstić information content (AvgIpc) is 2.70. The molecule has 0 fully saturated rings. The van der Waals surface area contributed by atoms with E-state index >= 15 is 0 Å². The molecule has 1 aromatic heterocycles. The van der Waals surface area contributed by atoms with Gasteiger partial charge in [-0.25, -0.2) is 9.98 Å². The molecule has 0 aliphatic heterocycles. The van der Waals surface area contributed by atoms with E-state index in [-0.39, 0.29) is 0 Å². The van der Waals surface area contributed by atoms with Crippen molar-refractivity contribution in [2.75, 3.05) is 0 Å². The van der Waals surface area contributed by atoms with Gasteiger partial charge in [-0.3, -0.25) is 0 Å². The van der Waals surface area contributed by atoms with Gasteiger partial charge < -0.3 is 0 Å². The smallest absolute Gasteiger partial charge is 0.208 e. The van der Waals surface area contributed by atoms with Crippen LogP contribution in [0, 0.1) is 0 Å². The number of hydrogen-bond acceptors (Lipinski definition) is 3. The minimum atomic E-state index is 0.785. The number of halogens is 1. The molecule has 0 bridgehead atoms. The van der Waals surface area contributed by atoms with Gasteiger partial charge in [0.05, 0.1) is 0 Å². The molecule has 14 heavy (non-hydrogen) atoms. The van der Waals surface area contributed by atoms with Crippen molar-refractivity contribution in [2.45, 2.75) is 0 Å². The highest BCUT2D eigenvalue weighted by molar-refractivity contribution is 9.10. The van der Waals surface area contributed by atoms with Gasteiger partial charge in [0.25, 0.3) is 0 Å². The Morgan fingerprint density at radius 3 is 2.71 bits per heavy atom. The summed E-state index contributed by atoms with van der Waals surface area (Å²) in [5, 5.41) is 2.70. The van der Waals surface area contributed by atoms with Crippen LogP contribution in [-0.2, 0) is 0 Å². The third-order valence-electron chi connectivity index (χ3n) is 1.61. The van der Waals surface area contributed by atoms with Crippen LogP contribution < -0.4 is 0 Å². The summed E-state index contributed by atoms with van der Waals surface area (Å²) in [6.45, 7) is 0. The first-order chi connectivity index (χ1) is 6.84. The van der Waals surface area contributed by atoms with E-state index in [0.717, 1.165) is 15.2 Å². The zero-order valence-corrected chi connectivity index (χ0v) is 9.62. The van der Waals surface area contributed by atoms with E-state index in [2.05, 4.69) is 25.9 Å². The maximum atomic E-state index is 4.23. The van der Waals surface area contributed by atoms with Crippen LogP contribution in [0.1, 0.15) is 5.56 Å². The highest BCUT2D eigenvalue weighted by Gasteiger charge is 1.90. The molecule has 0 saturated carbocycles. The molecule has 2 nitrogen and oxygen atoms in total. The summed E-state index contributed by atoms with van der Waals surface area (Å²) < 4.78 is 1.07. The minimum absolute atomic E-state index is 0.785. The van der Waals surface area contributed by atoms with Crippen molar-refractivity contribution in [1.82, 2.24) is 4.98 Å². The third kappa shape index (κ3) is 2.49. The van der Waals surface area contributed by atoms with Crippen molar-refractivity contribution >= 4 is 38.6 Å². The van der Waals surface area contributed by atoms with Crippen molar-refractivity contribution in [3.8, 4) is 0 Å². The molecule has 0 saturated heterocycles. The highest BCUT2D eigenvalue weighted by Crippen LogP contribution is 2.15. The molecule has 0 radical (unpaired) electrons. The topological polar surface area (TPSA) is 25.2 Å². The van der Waals surface area contributed by atoms with Crippen molar-refractivity contribution in [2.24, 2.45) is 4.99 Å². The van der Waals surface area contributed by atoms with E-state index in [1.165, 1.54) is 11.3 Å². The fourth-order valence-electron chi connectivity index (χ4n) is 0.958. The molecular weight excluding hydrogens is 260 g/mol. The first-order valence-corrected chi connectivity index (χ1v) is 5.71. The number of nitrogens with zero attached hydrogens (tertiary/aromatic N) is 2. The van der Waals surface area contributed by atoms with Crippen LogP contribution in [0.3, 0.4) is 0 Å². The molecule has 0 aliphatic rings. The normalized spacial score (nSPS) is 10.9. The minimum Gasteiger partial charge on any atom is -0.227 e. The summed E-state index contributed by atoms with van der Waals surface area (Å²) in [6, 6.07) is 7.98. The summed E-state index contributed by atoms with van der Waals surface area (Å²) in [7, 11) is 0. The molecule has 0 unspecified atom stereocenters. The molecule has 0 aliphatic carbocycles. The van der Waals surface area contributed by atoms with Crippen molar-refractivity contribution in [1.29, 1.82) is 0 Å². The number of thiazole rings is 1. The van der Waals surface area contributed by atoms with Gasteiger partial charge in [-0.1, -0.05) is 28.1 Å². The van der Waals surface area contributed by atoms with Crippen LogP contribution in [0.5, 0.6) is 0 Å². The zero-order valence-electron chi connectivity index (χ0n) is 7.22. The van der Waals surface area contributed by atoms with E-state index < -0.39 is 0 Å². The Kier molecular flexibility index (Phi) is 3.06. The lowest BCUT2D eigenvalue weighted by molar-refractivity contribution is 1.36. The van der Waals surface area contributed by atoms with Crippen LogP contribution in [0.2, 0.25) is 0 Å². The van der Waals surface area contributed by atoms with Gasteiger partial charge in [0.2, 0.25) is 5.13 Å². The average molecular weight is 267 g/mol. The molecule has 2 rings (SSSR count). The van der Waals surface area contributed by atoms with Crippen molar-refractivity contribution in [3.63, 3.8) is 0 Å². The molecule has 0 spiro atoms.